The molecule has 1 atom stereocenters. The summed E-state index contributed by atoms with van der Waals surface area (Å²) < 4.78 is 59.7. The van der Waals surface area contributed by atoms with Gasteiger partial charge in [-0.25, -0.2) is 26.8 Å². The van der Waals surface area contributed by atoms with E-state index in [4.69, 9.17) is 56.9 Å². The molecule has 0 aliphatic heterocycles. The van der Waals surface area contributed by atoms with Gasteiger partial charge in [-0.1, -0.05) is 94.9 Å². The lowest BCUT2D eigenvalue weighted by Crippen LogP contribution is -2.46. The smallest absolute Gasteiger partial charge is 0.342 e. The van der Waals surface area contributed by atoms with Crippen LogP contribution in [-0.4, -0.2) is 25.3 Å². The lowest BCUT2D eigenvalue weighted by Gasteiger charge is -2.35. The molecule has 14 heteroatoms. The first kappa shape index (κ1) is 34.3. The van der Waals surface area contributed by atoms with Crippen LogP contribution in [0.3, 0.4) is 0 Å². The van der Waals surface area contributed by atoms with Crippen LogP contribution in [0, 0.1) is 6.92 Å². The van der Waals surface area contributed by atoms with Crippen molar-refractivity contribution in [2.45, 2.75) is 42.9 Å². The molecular formula is C30H28Cl4N3O5PS. The number of ether oxygens (including phenoxy) is 1. The largest absolute Gasteiger partial charge is 0.491 e. The molecular weight excluding hydrogens is 687 g/mol. The quantitative estimate of drug-likeness (QED) is 0.122. The van der Waals surface area contributed by atoms with Gasteiger partial charge >= 0.3 is 7.68 Å². The van der Waals surface area contributed by atoms with Crippen LogP contribution in [0.1, 0.15) is 30.5 Å². The van der Waals surface area contributed by atoms with Crippen molar-refractivity contribution < 1.29 is 22.3 Å². The minimum atomic E-state index is -4.34. The van der Waals surface area contributed by atoms with Gasteiger partial charge in [0.05, 0.1) is 26.2 Å². The van der Waals surface area contributed by atoms with Crippen LogP contribution < -0.4 is 14.8 Å². The number of benzene rings is 3. The number of aromatic nitrogens is 1. The van der Waals surface area contributed by atoms with E-state index < -0.39 is 28.5 Å². The maximum atomic E-state index is 13.9. The lowest BCUT2D eigenvalue weighted by molar-refractivity contribution is 0.216. The molecule has 4 rings (SSSR count). The van der Waals surface area contributed by atoms with Gasteiger partial charge in [0.2, 0.25) is 0 Å². The molecule has 1 heterocycles. The summed E-state index contributed by atoms with van der Waals surface area (Å²) in [5.74, 6) is 0.214. The number of hydrogen-bond donors (Lipinski definition) is 1. The van der Waals surface area contributed by atoms with Gasteiger partial charge in [-0.2, -0.15) is 0 Å². The van der Waals surface area contributed by atoms with E-state index >= 15 is 0 Å². The molecule has 0 amide bonds. The van der Waals surface area contributed by atoms with Crippen molar-refractivity contribution in [3.63, 3.8) is 0 Å². The summed E-state index contributed by atoms with van der Waals surface area (Å²) in [6, 6.07) is 21.5. The molecule has 0 radical (unpaired) electrons. The van der Waals surface area contributed by atoms with Crippen molar-refractivity contribution in [2.24, 2.45) is 5.73 Å². The highest BCUT2D eigenvalue weighted by atomic mass is 35.5. The average Bonchev–Trinajstić information content (AvgIpc) is 2.96. The van der Waals surface area contributed by atoms with Crippen molar-refractivity contribution in [3.8, 4) is 5.75 Å². The van der Waals surface area contributed by atoms with Crippen LogP contribution in [0.4, 0.5) is 5.69 Å². The molecule has 0 spiro atoms. The zero-order chi connectivity index (χ0) is 32.4. The topological polar surface area (TPSA) is 120 Å². The predicted molar refractivity (Wildman–Crippen MR) is 175 cm³/mol. The Kier molecular flexibility index (Phi) is 10.4. The van der Waals surface area contributed by atoms with E-state index in [0.29, 0.717) is 5.56 Å². The fourth-order valence-electron chi connectivity index (χ4n) is 4.76. The number of hydrogen-bond acceptors (Lipinski definition) is 7. The zero-order valence-corrected chi connectivity index (χ0v) is 28.5. The van der Waals surface area contributed by atoms with Gasteiger partial charge in [0.25, 0.3) is 10.0 Å². The fourth-order valence-corrected chi connectivity index (χ4v) is 8.33. The SMILES string of the molecule is Cc1cc(OCC(N)(Cc2ccccc2)c2c(Cl)c(Cl)nc(Cl)c2Cl)cc(N(C(C)(C)P(=O)=O)S(=O)(=O)c2ccccc2)c1. The van der Waals surface area contributed by atoms with Crippen LogP contribution in [0.5, 0.6) is 5.75 Å². The van der Waals surface area contributed by atoms with Crippen molar-refractivity contribution >= 4 is 69.8 Å². The van der Waals surface area contributed by atoms with Gasteiger partial charge < -0.3 is 10.5 Å². The molecule has 0 aliphatic carbocycles. The van der Waals surface area contributed by atoms with E-state index in [1.54, 1.807) is 37.3 Å². The molecule has 0 bridgehead atoms. The second kappa shape index (κ2) is 13.4. The third-order valence-corrected chi connectivity index (χ3v) is 11.6. The molecule has 2 N–H and O–H groups in total. The second-order valence-corrected chi connectivity index (χ2v) is 15.5. The van der Waals surface area contributed by atoms with Crippen molar-refractivity contribution in [3.05, 3.63) is 116 Å². The number of nitrogens with two attached hydrogens (primary N) is 1. The van der Waals surface area contributed by atoms with Gasteiger partial charge in [-0.3, -0.25) is 0 Å². The molecule has 232 valence electrons. The van der Waals surface area contributed by atoms with Crippen LogP contribution >= 0.6 is 54.1 Å². The summed E-state index contributed by atoms with van der Waals surface area (Å²) in [6.07, 6.45) is 0.195. The molecule has 44 heavy (non-hydrogen) atoms. The first-order chi connectivity index (χ1) is 20.6. The van der Waals surface area contributed by atoms with E-state index in [1.807, 2.05) is 30.3 Å². The van der Waals surface area contributed by atoms with E-state index in [0.717, 1.165) is 9.87 Å². The summed E-state index contributed by atoms with van der Waals surface area (Å²) in [6.45, 7) is 4.14. The number of nitrogens with zero attached hydrogens (tertiary/aromatic N) is 2. The third-order valence-electron chi connectivity index (χ3n) is 6.85. The van der Waals surface area contributed by atoms with Gasteiger partial charge in [-0.15, -0.1) is 0 Å². The summed E-state index contributed by atoms with van der Waals surface area (Å²) in [7, 11) is -7.59. The maximum Gasteiger partial charge on any atom is 0.342 e. The standard InChI is InChI=1S/C30H28Cl4N3O5PS/c1-19-14-21(37(29(2,3)43(38)39)44(40,41)23-12-8-5-9-13-23)16-22(15-19)42-18-30(35,17-20-10-6-4-7-11-20)24-25(31)27(33)36-28(34)26(24)32/h4-16H,17-18,35H2,1-3H3. The fraction of sp³-hybridized carbons (Fsp3) is 0.233. The normalized spacial score (nSPS) is 13.3. The molecule has 0 saturated carbocycles. The molecule has 0 saturated heterocycles. The summed E-state index contributed by atoms with van der Waals surface area (Å²) in [4.78, 5) is 3.88. The molecule has 3 aromatic carbocycles. The zero-order valence-electron chi connectivity index (χ0n) is 23.8. The highest BCUT2D eigenvalue weighted by Gasteiger charge is 2.42. The Morgan fingerprint density at radius 2 is 1.43 bits per heavy atom. The molecule has 1 unspecified atom stereocenters. The molecule has 4 aromatic rings. The first-order valence-corrected chi connectivity index (χ1v) is 17.2. The van der Waals surface area contributed by atoms with E-state index in [2.05, 4.69) is 4.98 Å². The Bertz CT molecular complexity index is 1830. The Hall–Kier alpha value is -2.62. The minimum Gasteiger partial charge on any atom is -0.491 e. The summed E-state index contributed by atoms with van der Waals surface area (Å²) in [5, 5.41) is -2.01. The van der Waals surface area contributed by atoms with Gasteiger partial charge in [-0.05, 0) is 62.6 Å². The number of rotatable bonds is 11. The first-order valence-electron chi connectivity index (χ1n) is 13.1. The Morgan fingerprint density at radius 1 is 0.886 bits per heavy atom. The van der Waals surface area contributed by atoms with Crippen molar-refractivity contribution in [2.75, 3.05) is 10.9 Å². The predicted octanol–water partition coefficient (Wildman–Crippen LogP) is 8.58. The average molecular weight is 715 g/mol. The van der Waals surface area contributed by atoms with E-state index in [-0.39, 0.29) is 55.3 Å². The van der Waals surface area contributed by atoms with Crippen LogP contribution in [0.2, 0.25) is 20.4 Å². The Morgan fingerprint density at radius 3 is 1.98 bits per heavy atom. The number of pyridine rings is 1. The maximum absolute atomic E-state index is 13.9. The molecule has 8 nitrogen and oxygen atoms in total. The number of sulfonamides is 1. The second-order valence-electron chi connectivity index (χ2n) is 10.6. The van der Waals surface area contributed by atoms with E-state index in [1.165, 1.54) is 32.0 Å². The number of aryl methyl sites for hydroxylation is 1. The third kappa shape index (κ3) is 7.10. The number of halogens is 4. The summed E-state index contributed by atoms with van der Waals surface area (Å²) in [5.41, 5.74) is 7.33. The van der Waals surface area contributed by atoms with Crippen LogP contribution in [0.15, 0.2) is 83.8 Å². The Labute approximate surface area is 276 Å². The summed E-state index contributed by atoms with van der Waals surface area (Å²) >= 11 is 25.7. The lowest BCUT2D eigenvalue weighted by atomic mass is 9.85. The number of anilines is 1. The van der Waals surface area contributed by atoms with E-state index in [9.17, 15) is 17.5 Å². The van der Waals surface area contributed by atoms with Gasteiger partial charge in [0, 0.05) is 11.6 Å². The Balaban J connectivity index is 1.82. The van der Waals surface area contributed by atoms with Gasteiger partial charge in [0.15, 0.2) is 5.28 Å². The van der Waals surface area contributed by atoms with Gasteiger partial charge in [0.1, 0.15) is 22.7 Å². The van der Waals surface area contributed by atoms with Crippen molar-refractivity contribution in [1.82, 2.24) is 4.98 Å². The highest BCUT2D eigenvalue weighted by Crippen LogP contribution is 2.44. The van der Waals surface area contributed by atoms with Crippen molar-refractivity contribution in [1.29, 1.82) is 0 Å². The minimum absolute atomic E-state index is 0.00848. The molecule has 1 aromatic heterocycles. The van der Waals surface area contributed by atoms with Crippen LogP contribution in [-0.2, 0) is 31.1 Å². The monoisotopic (exact) mass is 713 g/mol. The molecule has 0 aliphatic rings. The molecule has 0 fully saturated rings. The highest BCUT2D eigenvalue weighted by molar-refractivity contribution is 7.93. The van der Waals surface area contributed by atoms with Crippen LogP contribution in [0.25, 0.3) is 0 Å².